The van der Waals surface area contributed by atoms with Crippen LogP contribution in [0.25, 0.3) is 15.7 Å². The van der Waals surface area contributed by atoms with E-state index in [0.29, 0.717) is 18.0 Å². The average Bonchev–Trinajstić information content (AvgIpc) is 2.53. The Balaban J connectivity index is 2.37. The largest absolute Gasteiger partial charge is 0.364 e. The first-order valence-electron chi connectivity index (χ1n) is 6.65. The Morgan fingerprint density at radius 1 is 1.36 bits per heavy atom. The van der Waals surface area contributed by atoms with Crippen LogP contribution in [0.3, 0.4) is 0 Å². The van der Waals surface area contributed by atoms with Gasteiger partial charge in [0, 0.05) is 29.2 Å². The van der Waals surface area contributed by atoms with Gasteiger partial charge in [0.25, 0.3) is 5.91 Å². The molecule has 0 spiro atoms. The van der Waals surface area contributed by atoms with E-state index in [0.717, 1.165) is 16.3 Å². The molecule has 2 rings (SSSR count). The number of pyridine rings is 1. The first-order chi connectivity index (χ1) is 10.6. The number of carbonyl (C=O) groups is 1. The van der Waals surface area contributed by atoms with Gasteiger partial charge >= 0.3 is 0 Å². The summed E-state index contributed by atoms with van der Waals surface area (Å²) in [5.74, 6) is -0.612. The second kappa shape index (κ2) is 7.58. The molecule has 0 bridgehead atoms. The zero-order valence-corrected chi connectivity index (χ0v) is 12.8. The molecular formula is C15H17N5OS. The third-order valence-electron chi connectivity index (χ3n) is 2.96. The number of nitrogens with zero attached hydrogens (tertiary/aromatic N) is 2. The van der Waals surface area contributed by atoms with Crippen molar-refractivity contribution in [2.24, 2.45) is 16.5 Å². The van der Waals surface area contributed by atoms with E-state index >= 15 is 0 Å². The molecule has 0 radical (unpaired) electrons. The van der Waals surface area contributed by atoms with Crippen LogP contribution in [0.5, 0.6) is 0 Å². The second-order valence-corrected chi connectivity index (χ2v) is 4.94. The number of carbonyl (C=O) groups excluding carboxylic acids is 1. The summed E-state index contributed by atoms with van der Waals surface area (Å²) in [6.07, 6.45) is 4.88. The molecule has 2 aromatic rings. The van der Waals surface area contributed by atoms with E-state index in [1.807, 2.05) is 24.3 Å². The molecule has 114 valence electrons. The number of primary amides is 1. The summed E-state index contributed by atoms with van der Waals surface area (Å²) in [5, 5.41) is 4.77. The van der Waals surface area contributed by atoms with Crippen LogP contribution >= 0.6 is 12.6 Å². The number of rotatable bonds is 6. The Morgan fingerprint density at radius 3 is 2.91 bits per heavy atom. The molecule has 0 unspecified atom stereocenters. The fraction of sp³-hybridized carbons (Fsp3) is 0.133. The number of hydrogen-bond donors (Lipinski definition) is 4. The van der Waals surface area contributed by atoms with Gasteiger partial charge in [-0.1, -0.05) is 12.1 Å². The van der Waals surface area contributed by atoms with E-state index in [-0.39, 0.29) is 5.70 Å². The Hall–Kier alpha value is -2.38. The number of fused-ring (bicyclic) bond motifs is 1. The van der Waals surface area contributed by atoms with Crippen LogP contribution in [0.1, 0.15) is 5.56 Å². The molecule has 22 heavy (non-hydrogen) atoms. The van der Waals surface area contributed by atoms with E-state index in [2.05, 4.69) is 27.9 Å². The van der Waals surface area contributed by atoms with Crippen LogP contribution in [0.4, 0.5) is 0 Å². The Bertz CT molecular complexity index is 742. The quantitative estimate of drug-likeness (QED) is 0.275. The first-order valence-corrected chi connectivity index (χ1v) is 7.10. The van der Waals surface area contributed by atoms with E-state index in [1.165, 1.54) is 6.34 Å². The molecular weight excluding hydrogens is 298 g/mol. The maximum Gasteiger partial charge on any atom is 0.266 e. The van der Waals surface area contributed by atoms with Gasteiger partial charge in [0.1, 0.15) is 5.70 Å². The van der Waals surface area contributed by atoms with Gasteiger partial charge in [0.05, 0.1) is 12.9 Å². The highest BCUT2D eigenvalue weighted by atomic mass is 32.1. The number of benzene rings is 1. The van der Waals surface area contributed by atoms with Gasteiger partial charge < -0.3 is 16.8 Å². The molecule has 0 aliphatic carbocycles. The molecule has 0 saturated heterocycles. The highest BCUT2D eigenvalue weighted by molar-refractivity contribution is 7.90. The summed E-state index contributed by atoms with van der Waals surface area (Å²) in [6, 6.07) is 7.57. The predicted molar refractivity (Wildman–Crippen MR) is 92.4 cm³/mol. The molecule has 1 aromatic heterocycles. The van der Waals surface area contributed by atoms with E-state index < -0.39 is 5.91 Å². The van der Waals surface area contributed by atoms with Crippen molar-refractivity contribution in [3.63, 3.8) is 0 Å². The van der Waals surface area contributed by atoms with Crippen molar-refractivity contribution in [1.82, 2.24) is 10.3 Å². The fourth-order valence-electron chi connectivity index (χ4n) is 1.88. The Morgan fingerprint density at radius 2 is 2.18 bits per heavy atom. The summed E-state index contributed by atoms with van der Waals surface area (Å²) in [6.45, 7) is 0.893. The lowest BCUT2D eigenvalue weighted by Crippen LogP contribution is -2.26. The van der Waals surface area contributed by atoms with Crippen molar-refractivity contribution in [1.29, 1.82) is 0 Å². The minimum atomic E-state index is -0.612. The van der Waals surface area contributed by atoms with Crippen LogP contribution in [0, 0.1) is 0 Å². The third-order valence-corrected chi connectivity index (χ3v) is 3.44. The van der Waals surface area contributed by atoms with Crippen molar-refractivity contribution < 1.29 is 4.79 Å². The number of nitrogens with one attached hydrogen (secondary N) is 1. The molecule has 5 N–H and O–H groups in total. The molecule has 6 nitrogen and oxygen atoms in total. The zero-order chi connectivity index (χ0) is 15.9. The number of thiol groups is 1. The lowest BCUT2D eigenvalue weighted by atomic mass is 10.1. The van der Waals surface area contributed by atoms with Gasteiger partial charge in [-0.15, -0.1) is 12.6 Å². The zero-order valence-electron chi connectivity index (χ0n) is 11.9. The highest BCUT2D eigenvalue weighted by Gasteiger charge is 2.11. The van der Waals surface area contributed by atoms with Gasteiger partial charge in [0.2, 0.25) is 0 Å². The molecule has 0 fully saturated rings. The molecule has 1 aromatic carbocycles. The number of aliphatic imine (C=N–C) groups is 1. The lowest BCUT2D eigenvalue weighted by molar-refractivity contribution is -0.114. The summed E-state index contributed by atoms with van der Waals surface area (Å²) < 4.78 is 0. The Kier molecular flexibility index (Phi) is 5.51. The smallest absolute Gasteiger partial charge is 0.266 e. The SMILES string of the molecule is NCCN=CN/C(C(N)=O)=C(\S)c1ccc2cnccc2c1. The van der Waals surface area contributed by atoms with Gasteiger partial charge in [-0.3, -0.25) is 14.8 Å². The molecule has 1 amide bonds. The van der Waals surface area contributed by atoms with Crippen molar-refractivity contribution >= 4 is 40.6 Å². The van der Waals surface area contributed by atoms with Crippen molar-refractivity contribution in [3.8, 4) is 0 Å². The minimum Gasteiger partial charge on any atom is -0.364 e. The van der Waals surface area contributed by atoms with E-state index in [9.17, 15) is 4.79 Å². The topological polar surface area (TPSA) is 106 Å². The van der Waals surface area contributed by atoms with Gasteiger partial charge in [-0.25, -0.2) is 0 Å². The highest BCUT2D eigenvalue weighted by Crippen LogP contribution is 2.25. The molecule has 0 aliphatic heterocycles. The lowest BCUT2D eigenvalue weighted by Gasteiger charge is -2.09. The van der Waals surface area contributed by atoms with Gasteiger partial charge in [-0.05, 0) is 23.1 Å². The van der Waals surface area contributed by atoms with E-state index in [4.69, 9.17) is 11.5 Å². The number of aromatic nitrogens is 1. The second-order valence-electron chi connectivity index (χ2n) is 4.49. The average molecular weight is 315 g/mol. The maximum atomic E-state index is 11.6. The number of nitrogens with two attached hydrogens (primary N) is 2. The van der Waals surface area contributed by atoms with Crippen LogP contribution in [-0.4, -0.2) is 30.3 Å². The number of hydrogen-bond acceptors (Lipinski definition) is 5. The normalized spacial score (nSPS) is 12.5. The Labute approximate surface area is 133 Å². The molecule has 1 heterocycles. The van der Waals surface area contributed by atoms with Crippen molar-refractivity contribution in [2.45, 2.75) is 0 Å². The van der Waals surface area contributed by atoms with Crippen LogP contribution < -0.4 is 16.8 Å². The third kappa shape index (κ3) is 3.84. The summed E-state index contributed by atoms with van der Waals surface area (Å²) in [5.41, 5.74) is 11.7. The van der Waals surface area contributed by atoms with Gasteiger partial charge in [0.15, 0.2) is 0 Å². The predicted octanol–water partition coefficient (Wildman–Crippen LogP) is 0.895. The van der Waals surface area contributed by atoms with Crippen LogP contribution in [0.15, 0.2) is 47.3 Å². The summed E-state index contributed by atoms with van der Waals surface area (Å²) in [4.78, 5) is 20.1. The molecule has 0 aliphatic rings. The summed E-state index contributed by atoms with van der Waals surface area (Å²) >= 11 is 4.42. The monoisotopic (exact) mass is 315 g/mol. The number of amides is 1. The first kappa shape index (κ1) is 16.0. The van der Waals surface area contributed by atoms with Crippen molar-refractivity contribution in [3.05, 3.63) is 47.9 Å². The fourth-order valence-corrected chi connectivity index (χ4v) is 2.19. The molecule has 7 heteroatoms. The maximum absolute atomic E-state index is 11.6. The standard InChI is InChI=1S/C15H17N5OS/c16-4-6-19-9-20-13(15(17)21)14(22)11-1-2-12-8-18-5-3-10(12)7-11/h1-3,5,7-9,22H,4,6,16H2,(H2,17,21)(H,19,20)/b14-13-. The molecule has 0 saturated carbocycles. The minimum absolute atomic E-state index is 0.178. The molecule has 0 atom stereocenters. The van der Waals surface area contributed by atoms with Gasteiger partial charge in [-0.2, -0.15) is 0 Å². The van der Waals surface area contributed by atoms with Crippen LogP contribution in [-0.2, 0) is 4.79 Å². The van der Waals surface area contributed by atoms with Crippen molar-refractivity contribution in [2.75, 3.05) is 13.1 Å². The van der Waals surface area contributed by atoms with E-state index in [1.54, 1.807) is 12.4 Å². The van der Waals surface area contributed by atoms with Crippen LogP contribution in [0.2, 0.25) is 0 Å². The summed E-state index contributed by atoms with van der Waals surface area (Å²) in [7, 11) is 0.